The predicted octanol–water partition coefficient (Wildman–Crippen LogP) is 3.55. The third-order valence-electron chi connectivity index (χ3n) is 3.03. The third kappa shape index (κ3) is 3.88. The van der Waals surface area contributed by atoms with E-state index in [4.69, 9.17) is 20.8 Å². The summed E-state index contributed by atoms with van der Waals surface area (Å²) in [4.78, 5) is 11.8. The molecule has 0 atom stereocenters. The van der Waals surface area contributed by atoms with E-state index < -0.39 is 11.7 Å². The number of rotatable bonds is 5. The molecular weight excluding hydrogens is 337 g/mol. The van der Waals surface area contributed by atoms with Crippen LogP contribution >= 0.6 is 11.6 Å². The van der Waals surface area contributed by atoms with Crippen LogP contribution in [0.1, 0.15) is 0 Å². The van der Waals surface area contributed by atoms with Crippen molar-refractivity contribution in [2.45, 2.75) is 0 Å². The lowest BCUT2D eigenvalue weighted by atomic mass is 10.2. The average Bonchev–Trinajstić information content (AvgIpc) is 3.11. The van der Waals surface area contributed by atoms with Crippen molar-refractivity contribution in [3.8, 4) is 17.2 Å². The largest absolute Gasteiger partial charge is 0.484 e. The Morgan fingerprint density at radius 2 is 2.04 bits per heavy atom. The van der Waals surface area contributed by atoms with Gasteiger partial charge in [-0.15, -0.1) is 10.2 Å². The summed E-state index contributed by atoms with van der Waals surface area (Å²) >= 11 is 5.76. The minimum absolute atomic E-state index is 0.00263. The van der Waals surface area contributed by atoms with Gasteiger partial charge < -0.3 is 14.5 Å². The zero-order valence-electron chi connectivity index (χ0n) is 12.2. The van der Waals surface area contributed by atoms with E-state index in [-0.39, 0.29) is 12.3 Å². The number of hydrogen-bond acceptors (Lipinski definition) is 5. The fourth-order valence-corrected chi connectivity index (χ4v) is 2.09. The maximum Gasteiger partial charge on any atom is 0.262 e. The maximum atomic E-state index is 13.5. The van der Waals surface area contributed by atoms with Gasteiger partial charge in [-0.1, -0.05) is 11.6 Å². The van der Waals surface area contributed by atoms with Crippen LogP contribution in [0.3, 0.4) is 0 Å². The first-order chi connectivity index (χ1) is 11.6. The van der Waals surface area contributed by atoms with E-state index in [0.29, 0.717) is 16.7 Å². The zero-order valence-corrected chi connectivity index (χ0v) is 13.0. The highest BCUT2D eigenvalue weighted by molar-refractivity contribution is 6.30. The summed E-state index contributed by atoms with van der Waals surface area (Å²) in [6, 6.07) is 10.7. The van der Waals surface area contributed by atoms with Gasteiger partial charge in [0.25, 0.3) is 5.91 Å². The van der Waals surface area contributed by atoms with Crippen LogP contribution in [0.15, 0.2) is 53.3 Å². The molecule has 0 aliphatic carbocycles. The van der Waals surface area contributed by atoms with E-state index in [1.54, 1.807) is 24.3 Å². The predicted molar refractivity (Wildman–Crippen MR) is 85.3 cm³/mol. The van der Waals surface area contributed by atoms with E-state index in [0.717, 1.165) is 5.56 Å². The summed E-state index contributed by atoms with van der Waals surface area (Å²) in [5.41, 5.74) is 0.730. The number of nitrogens with zero attached hydrogens (tertiary/aromatic N) is 2. The molecule has 24 heavy (non-hydrogen) atoms. The Hall–Kier alpha value is -2.93. The van der Waals surface area contributed by atoms with Crippen LogP contribution in [0.4, 0.5) is 10.1 Å². The van der Waals surface area contributed by atoms with Gasteiger partial charge in [-0.3, -0.25) is 4.79 Å². The topological polar surface area (TPSA) is 77.2 Å². The van der Waals surface area contributed by atoms with E-state index in [1.807, 2.05) is 0 Å². The molecule has 1 aromatic heterocycles. The van der Waals surface area contributed by atoms with Crippen LogP contribution in [0, 0.1) is 5.82 Å². The van der Waals surface area contributed by atoms with Crippen molar-refractivity contribution in [3.63, 3.8) is 0 Å². The first-order valence-electron chi connectivity index (χ1n) is 6.86. The number of aromatic nitrogens is 2. The third-order valence-corrected chi connectivity index (χ3v) is 3.27. The number of hydrogen-bond donors (Lipinski definition) is 1. The summed E-state index contributed by atoms with van der Waals surface area (Å²) in [5, 5.41) is 10.1. The number of carbonyl (C=O) groups excluding carboxylic acids is 1. The average molecular weight is 348 g/mol. The van der Waals surface area contributed by atoms with Crippen molar-refractivity contribution in [2.24, 2.45) is 0 Å². The summed E-state index contributed by atoms with van der Waals surface area (Å²) in [5.74, 6) is -0.218. The van der Waals surface area contributed by atoms with Crippen molar-refractivity contribution >= 4 is 23.2 Å². The molecule has 8 heteroatoms. The molecule has 0 bridgehead atoms. The highest BCUT2D eigenvalue weighted by Crippen LogP contribution is 2.21. The maximum absolute atomic E-state index is 13.5. The van der Waals surface area contributed by atoms with Crippen molar-refractivity contribution in [1.82, 2.24) is 10.2 Å². The summed E-state index contributed by atoms with van der Waals surface area (Å²) in [6.07, 6.45) is 1.24. The molecular formula is C16H11ClFN3O3. The summed E-state index contributed by atoms with van der Waals surface area (Å²) in [6.45, 7) is -0.272. The Morgan fingerprint density at radius 1 is 1.25 bits per heavy atom. The Bertz CT molecular complexity index is 838. The molecule has 0 aliphatic heterocycles. The minimum atomic E-state index is -0.573. The number of ether oxygens (including phenoxy) is 1. The van der Waals surface area contributed by atoms with Crippen LogP contribution in [-0.4, -0.2) is 22.7 Å². The SMILES string of the molecule is O=C(COc1ccc(-c2nnco2)cc1)Nc1cc(Cl)ccc1F. The van der Waals surface area contributed by atoms with Gasteiger partial charge in [0.05, 0.1) is 5.69 Å². The number of benzene rings is 2. The van der Waals surface area contributed by atoms with Gasteiger partial charge in [0.1, 0.15) is 11.6 Å². The lowest BCUT2D eigenvalue weighted by molar-refractivity contribution is -0.118. The molecule has 6 nitrogen and oxygen atoms in total. The van der Waals surface area contributed by atoms with Gasteiger partial charge in [-0.25, -0.2) is 4.39 Å². The van der Waals surface area contributed by atoms with Crippen LogP contribution in [0.5, 0.6) is 5.75 Å². The molecule has 0 saturated carbocycles. The Balaban J connectivity index is 1.57. The summed E-state index contributed by atoms with van der Waals surface area (Å²) < 4.78 is 24.0. The highest BCUT2D eigenvalue weighted by atomic mass is 35.5. The number of anilines is 1. The van der Waals surface area contributed by atoms with Crippen molar-refractivity contribution in [3.05, 3.63) is 59.7 Å². The van der Waals surface area contributed by atoms with Crippen LogP contribution in [0.25, 0.3) is 11.5 Å². The summed E-state index contributed by atoms with van der Waals surface area (Å²) in [7, 11) is 0. The first-order valence-corrected chi connectivity index (χ1v) is 7.24. The fourth-order valence-electron chi connectivity index (χ4n) is 1.92. The number of halogens is 2. The Labute approximate surface area is 141 Å². The molecule has 3 aromatic rings. The standard InChI is InChI=1S/C16H11ClFN3O3/c17-11-3-6-13(18)14(7-11)20-15(22)8-23-12-4-1-10(2-5-12)16-21-19-9-24-16/h1-7,9H,8H2,(H,20,22). The molecule has 122 valence electrons. The number of nitrogens with one attached hydrogen (secondary N) is 1. The number of carbonyl (C=O) groups is 1. The second-order valence-corrected chi connectivity index (χ2v) is 5.17. The first kappa shape index (κ1) is 15.9. The second kappa shape index (κ2) is 7.10. The molecule has 1 heterocycles. The molecule has 1 amide bonds. The quantitative estimate of drug-likeness (QED) is 0.763. The monoisotopic (exact) mass is 347 g/mol. The van der Waals surface area contributed by atoms with E-state index >= 15 is 0 Å². The molecule has 1 N–H and O–H groups in total. The lowest BCUT2D eigenvalue weighted by Crippen LogP contribution is -2.20. The van der Waals surface area contributed by atoms with Gasteiger partial charge >= 0.3 is 0 Å². The van der Waals surface area contributed by atoms with Crippen LogP contribution in [0.2, 0.25) is 5.02 Å². The molecule has 0 radical (unpaired) electrons. The van der Waals surface area contributed by atoms with E-state index in [9.17, 15) is 9.18 Å². The van der Waals surface area contributed by atoms with Crippen LogP contribution < -0.4 is 10.1 Å². The lowest BCUT2D eigenvalue weighted by Gasteiger charge is -2.08. The van der Waals surface area contributed by atoms with E-state index in [2.05, 4.69) is 15.5 Å². The molecule has 3 rings (SSSR count). The molecule has 0 aliphatic rings. The molecule has 2 aromatic carbocycles. The van der Waals surface area contributed by atoms with Gasteiger partial charge in [-0.05, 0) is 42.5 Å². The van der Waals surface area contributed by atoms with Crippen molar-refractivity contribution in [2.75, 3.05) is 11.9 Å². The van der Waals surface area contributed by atoms with Gasteiger partial charge in [-0.2, -0.15) is 0 Å². The smallest absolute Gasteiger partial charge is 0.262 e. The van der Waals surface area contributed by atoms with Crippen molar-refractivity contribution < 1.29 is 18.3 Å². The van der Waals surface area contributed by atoms with E-state index in [1.165, 1.54) is 24.6 Å². The molecule has 0 unspecified atom stereocenters. The minimum Gasteiger partial charge on any atom is -0.484 e. The van der Waals surface area contributed by atoms with Crippen molar-refractivity contribution in [1.29, 1.82) is 0 Å². The van der Waals surface area contributed by atoms with Gasteiger partial charge in [0.2, 0.25) is 12.3 Å². The number of amides is 1. The fraction of sp³-hybridized carbons (Fsp3) is 0.0625. The molecule has 0 saturated heterocycles. The Kier molecular flexibility index (Phi) is 4.72. The zero-order chi connectivity index (χ0) is 16.9. The molecule has 0 fully saturated rings. The highest BCUT2D eigenvalue weighted by Gasteiger charge is 2.09. The Morgan fingerprint density at radius 3 is 2.75 bits per heavy atom. The van der Waals surface area contributed by atoms with Gasteiger partial charge in [0, 0.05) is 10.6 Å². The normalized spacial score (nSPS) is 10.4. The second-order valence-electron chi connectivity index (χ2n) is 4.73. The van der Waals surface area contributed by atoms with Gasteiger partial charge in [0.15, 0.2) is 6.61 Å². The molecule has 0 spiro atoms. The van der Waals surface area contributed by atoms with Crippen LogP contribution in [-0.2, 0) is 4.79 Å².